The molecule has 4 aromatic rings. The summed E-state index contributed by atoms with van der Waals surface area (Å²) in [6, 6.07) is 14.0. The zero-order chi connectivity index (χ0) is 14.1. The number of fused-ring (bicyclic) bond motifs is 1. The zero-order valence-corrected chi connectivity index (χ0v) is 11.2. The van der Waals surface area contributed by atoms with Gasteiger partial charge in [0.25, 0.3) is 0 Å². The Bertz CT molecular complexity index is 867. The molecule has 5 heteroatoms. The maximum Gasteiger partial charge on any atom is 0.133 e. The molecule has 3 aromatic heterocycles. The molecule has 5 nitrogen and oxygen atoms in total. The van der Waals surface area contributed by atoms with Crippen molar-refractivity contribution in [3.05, 3.63) is 66.8 Å². The van der Waals surface area contributed by atoms with Crippen LogP contribution in [-0.4, -0.2) is 20.0 Å². The van der Waals surface area contributed by atoms with Crippen LogP contribution >= 0.6 is 0 Å². The van der Waals surface area contributed by atoms with Gasteiger partial charge in [-0.05, 0) is 24.3 Å². The second-order valence-electron chi connectivity index (χ2n) is 4.79. The molecule has 1 aromatic carbocycles. The number of benzene rings is 1. The van der Waals surface area contributed by atoms with Crippen LogP contribution < -0.4 is 0 Å². The molecule has 0 amide bonds. The van der Waals surface area contributed by atoms with E-state index in [9.17, 15) is 0 Å². The predicted molar refractivity (Wildman–Crippen MR) is 78.6 cm³/mol. The highest BCUT2D eigenvalue weighted by Gasteiger charge is 2.04. The van der Waals surface area contributed by atoms with Crippen molar-refractivity contribution in [3.8, 4) is 11.3 Å². The first-order valence-electron chi connectivity index (χ1n) is 6.66. The minimum absolute atomic E-state index is 0.612. The molecular formula is C16H12N4O. The molecule has 0 aliphatic heterocycles. The predicted octanol–water partition coefficient (Wildman–Crippen LogP) is 3.13. The number of furan rings is 1. The minimum Gasteiger partial charge on any atom is -0.464 e. The average Bonchev–Trinajstić information content (AvgIpc) is 3.20. The van der Waals surface area contributed by atoms with Gasteiger partial charge in [0, 0.05) is 17.1 Å². The largest absolute Gasteiger partial charge is 0.464 e. The monoisotopic (exact) mass is 276 g/mol. The van der Waals surface area contributed by atoms with E-state index in [1.807, 2.05) is 36.5 Å². The fourth-order valence-electron chi connectivity index (χ4n) is 2.33. The van der Waals surface area contributed by atoms with E-state index in [1.54, 1.807) is 17.1 Å². The summed E-state index contributed by atoms with van der Waals surface area (Å²) < 4.78 is 7.19. The van der Waals surface area contributed by atoms with Gasteiger partial charge in [0.05, 0.1) is 30.2 Å². The molecule has 0 aliphatic rings. The van der Waals surface area contributed by atoms with Gasteiger partial charge in [0.2, 0.25) is 0 Å². The van der Waals surface area contributed by atoms with Crippen LogP contribution in [-0.2, 0) is 6.54 Å². The Morgan fingerprint density at radius 3 is 2.86 bits per heavy atom. The summed E-state index contributed by atoms with van der Waals surface area (Å²) in [4.78, 5) is 4.69. The van der Waals surface area contributed by atoms with E-state index >= 15 is 0 Å². The third-order valence-corrected chi connectivity index (χ3v) is 3.35. The lowest BCUT2D eigenvalue weighted by atomic mass is 10.1. The van der Waals surface area contributed by atoms with Crippen molar-refractivity contribution in [1.82, 2.24) is 20.0 Å². The van der Waals surface area contributed by atoms with E-state index in [-0.39, 0.29) is 0 Å². The summed E-state index contributed by atoms with van der Waals surface area (Å²) in [7, 11) is 0. The normalized spacial score (nSPS) is 11.0. The van der Waals surface area contributed by atoms with Gasteiger partial charge in [0.15, 0.2) is 0 Å². The Kier molecular flexibility index (Phi) is 2.74. The SMILES string of the molecule is c1coc(-c2ccc3ccc(Cn4ccnn4)nc3c2)c1. The number of hydrogen-bond donors (Lipinski definition) is 0. The maximum absolute atomic E-state index is 5.43. The number of nitrogens with zero attached hydrogens (tertiary/aromatic N) is 4. The Balaban J connectivity index is 1.75. The van der Waals surface area contributed by atoms with Gasteiger partial charge in [-0.3, -0.25) is 4.98 Å². The smallest absolute Gasteiger partial charge is 0.133 e. The first-order chi connectivity index (χ1) is 10.4. The van der Waals surface area contributed by atoms with E-state index in [2.05, 4.69) is 22.4 Å². The van der Waals surface area contributed by atoms with E-state index in [0.717, 1.165) is 27.9 Å². The van der Waals surface area contributed by atoms with Crippen molar-refractivity contribution in [2.45, 2.75) is 6.54 Å². The Hall–Kier alpha value is -2.95. The van der Waals surface area contributed by atoms with Crippen molar-refractivity contribution >= 4 is 10.9 Å². The van der Waals surface area contributed by atoms with E-state index in [1.165, 1.54) is 0 Å². The molecule has 102 valence electrons. The lowest BCUT2D eigenvalue weighted by Crippen LogP contribution is -2.02. The lowest BCUT2D eigenvalue weighted by molar-refractivity contribution is 0.582. The number of hydrogen-bond acceptors (Lipinski definition) is 4. The van der Waals surface area contributed by atoms with Gasteiger partial charge in [-0.25, -0.2) is 4.68 Å². The fraction of sp³-hybridized carbons (Fsp3) is 0.0625. The van der Waals surface area contributed by atoms with Crippen LogP contribution in [0, 0.1) is 0 Å². The standard InChI is InChI=1S/C16H12N4O/c1-2-16(21-9-1)13-4-3-12-5-6-14(18-15(12)10-13)11-20-8-7-17-19-20/h1-10H,11H2. The highest BCUT2D eigenvalue weighted by Crippen LogP contribution is 2.24. The van der Waals surface area contributed by atoms with Gasteiger partial charge in [-0.1, -0.05) is 23.4 Å². The van der Waals surface area contributed by atoms with E-state index in [0.29, 0.717) is 6.54 Å². The van der Waals surface area contributed by atoms with Crippen LogP contribution in [0.4, 0.5) is 0 Å². The zero-order valence-electron chi connectivity index (χ0n) is 11.2. The minimum atomic E-state index is 0.612. The molecule has 0 saturated carbocycles. The van der Waals surface area contributed by atoms with Crippen molar-refractivity contribution in [3.63, 3.8) is 0 Å². The van der Waals surface area contributed by atoms with Crippen molar-refractivity contribution in [1.29, 1.82) is 0 Å². The highest BCUT2D eigenvalue weighted by atomic mass is 16.3. The summed E-state index contributed by atoms with van der Waals surface area (Å²) >= 11 is 0. The van der Waals surface area contributed by atoms with Crippen molar-refractivity contribution < 1.29 is 4.42 Å². The van der Waals surface area contributed by atoms with Gasteiger partial charge in [-0.2, -0.15) is 0 Å². The summed E-state index contributed by atoms with van der Waals surface area (Å²) in [6.07, 6.45) is 5.16. The number of pyridine rings is 1. The third kappa shape index (κ3) is 2.29. The topological polar surface area (TPSA) is 56.7 Å². The Morgan fingerprint density at radius 2 is 2.05 bits per heavy atom. The molecule has 0 fully saturated rings. The number of rotatable bonds is 3. The second kappa shape index (κ2) is 4.86. The van der Waals surface area contributed by atoms with Crippen LogP contribution in [0.15, 0.2) is 65.5 Å². The quantitative estimate of drug-likeness (QED) is 0.577. The van der Waals surface area contributed by atoms with Gasteiger partial charge in [-0.15, -0.1) is 5.10 Å². The van der Waals surface area contributed by atoms with Gasteiger partial charge < -0.3 is 4.42 Å². The summed E-state index contributed by atoms with van der Waals surface area (Å²) in [5.41, 5.74) is 2.92. The molecule has 0 radical (unpaired) electrons. The summed E-state index contributed by atoms with van der Waals surface area (Å²) in [5.74, 6) is 0.848. The molecule has 4 rings (SSSR count). The summed E-state index contributed by atoms with van der Waals surface area (Å²) in [6.45, 7) is 0.612. The van der Waals surface area contributed by atoms with Crippen molar-refractivity contribution in [2.24, 2.45) is 0 Å². The molecule has 0 spiro atoms. The molecule has 0 atom stereocenters. The summed E-state index contributed by atoms with van der Waals surface area (Å²) in [5, 5.41) is 8.87. The average molecular weight is 276 g/mol. The van der Waals surface area contributed by atoms with Crippen LogP contribution in [0.3, 0.4) is 0 Å². The third-order valence-electron chi connectivity index (χ3n) is 3.35. The molecule has 21 heavy (non-hydrogen) atoms. The molecular weight excluding hydrogens is 264 g/mol. The molecule has 0 N–H and O–H groups in total. The van der Waals surface area contributed by atoms with Gasteiger partial charge >= 0.3 is 0 Å². The molecule has 3 heterocycles. The highest BCUT2D eigenvalue weighted by molar-refractivity contribution is 5.83. The second-order valence-corrected chi connectivity index (χ2v) is 4.79. The van der Waals surface area contributed by atoms with Crippen molar-refractivity contribution in [2.75, 3.05) is 0 Å². The Morgan fingerprint density at radius 1 is 1.10 bits per heavy atom. The van der Waals surface area contributed by atoms with Crippen LogP contribution in [0.5, 0.6) is 0 Å². The van der Waals surface area contributed by atoms with Gasteiger partial charge in [0.1, 0.15) is 5.76 Å². The Labute approximate surface area is 120 Å². The maximum atomic E-state index is 5.43. The van der Waals surface area contributed by atoms with Crippen LogP contribution in [0.25, 0.3) is 22.2 Å². The van der Waals surface area contributed by atoms with E-state index < -0.39 is 0 Å². The molecule has 0 saturated heterocycles. The lowest BCUT2D eigenvalue weighted by Gasteiger charge is -2.04. The fourth-order valence-corrected chi connectivity index (χ4v) is 2.33. The molecule has 0 unspecified atom stereocenters. The molecule has 0 bridgehead atoms. The molecule has 0 aliphatic carbocycles. The van der Waals surface area contributed by atoms with Crippen LogP contribution in [0.1, 0.15) is 5.69 Å². The first kappa shape index (κ1) is 11.8. The van der Waals surface area contributed by atoms with E-state index in [4.69, 9.17) is 9.40 Å². The van der Waals surface area contributed by atoms with Crippen LogP contribution in [0.2, 0.25) is 0 Å². The number of aromatic nitrogens is 4. The first-order valence-corrected chi connectivity index (χ1v) is 6.66.